The summed E-state index contributed by atoms with van der Waals surface area (Å²) in [6, 6.07) is 6.36. The van der Waals surface area contributed by atoms with E-state index in [1.165, 1.54) is 16.6 Å². The summed E-state index contributed by atoms with van der Waals surface area (Å²) in [5.74, 6) is 0. The summed E-state index contributed by atoms with van der Waals surface area (Å²) in [6.07, 6.45) is 6.78. The van der Waals surface area contributed by atoms with E-state index in [1.807, 2.05) is 12.4 Å². The van der Waals surface area contributed by atoms with Crippen LogP contribution in [0, 0.1) is 0 Å². The van der Waals surface area contributed by atoms with Crippen molar-refractivity contribution in [1.82, 2.24) is 30.1 Å². The van der Waals surface area contributed by atoms with Crippen LogP contribution in [0.1, 0.15) is 43.9 Å². The fraction of sp³-hybridized carbons (Fsp3) is 0.409. The van der Waals surface area contributed by atoms with Gasteiger partial charge >= 0.3 is 6.03 Å². The second-order valence-corrected chi connectivity index (χ2v) is 9.15. The first kappa shape index (κ1) is 21.3. The number of aromatic nitrogens is 3. The van der Waals surface area contributed by atoms with Gasteiger partial charge in [-0.25, -0.2) is 19.7 Å². The normalized spacial score (nSPS) is 17.2. The molecule has 2 aromatic heterocycles. The molecule has 9 heteroatoms. The van der Waals surface area contributed by atoms with Gasteiger partial charge in [0.1, 0.15) is 6.33 Å². The van der Waals surface area contributed by atoms with Gasteiger partial charge < -0.3 is 5.32 Å². The van der Waals surface area contributed by atoms with Gasteiger partial charge in [0.15, 0.2) is 0 Å². The summed E-state index contributed by atoms with van der Waals surface area (Å²) in [7, 11) is 0. The molecule has 1 aliphatic rings. The average Bonchev–Trinajstić information content (AvgIpc) is 3.26. The maximum absolute atomic E-state index is 12.7. The highest BCUT2D eigenvalue weighted by atomic mass is 32.1. The molecule has 1 saturated heterocycles. The molecule has 0 unspecified atom stereocenters. The minimum absolute atomic E-state index is 0.147. The molecular formula is C22H26N6O2S. The van der Waals surface area contributed by atoms with Gasteiger partial charge in [-0.15, -0.1) is 11.3 Å². The van der Waals surface area contributed by atoms with Crippen molar-refractivity contribution in [2.24, 2.45) is 0 Å². The molecule has 3 amide bonds. The minimum atomic E-state index is -0.392. The number of likely N-dealkylation sites (tertiary alicyclic amines) is 1. The Hall–Kier alpha value is -2.91. The molecule has 162 valence electrons. The number of urea groups is 1. The molecule has 3 heterocycles. The maximum Gasteiger partial charge on any atom is 0.324 e. The van der Waals surface area contributed by atoms with Crippen LogP contribution in [0.2, 0.25) is 0 Å². The van der Waals surface area contributed by atoms with E-state index in [1.54, 1.807) is 23.7 Å². The van der Waals surface area contributed by atoms with E-state index in [4.69, 9.17) is 0 Å². The topological polar surface area (TPSA) is 91.3 Å². The van der Waals surface area contributed by atoms with Crippen LogP contribution >= 0.6 is 11.3 Å². The summed E-state index contributed by atoms with van der Waals surface area (Å²) in [5, 5.41) is 3.07. The van der Waals surface area contributed by atoms with Crippen LogP contribution < -0.4 is 5.32 Å². The first-order valence-corrected chi connectivity index (χ1v) is 11.2. The molecule has 0 aliphatic carbocycles. The number of nitrogens with one attached hydrogen (secondary N) is 1. The van der Waals surface area contributed by atoms with E-state index in [2.05, 4.69) is 50.3 Å². The van der Waals surface area contributed by atoms with E-state index < -0.39 is 6.03 Å². The van der Waals surface area contributed by atoms with Crippen molar-refractivity contribution in [2.45, 2.75) is 44.8 Å². The molecule has 0 bridgehead atoms. The lowest BCUT2D eigenvalue weighted by molar-refractivity contribution is -0.116. The predicted octanol–water partition coefficient (Wildman–Crippen LogP) is 3.37. The van der Waals surface area contributed by atoms with E-state index in [0.717, 1.165) is 36.3 Å². The fourth-order valence-electron chi connectivity index (χ4n) is 3.97. The molecule has 0 radical (unpaired) electrons. The second kappa shape index (κ2) is 9.07. The van der Waals surface area contributed by atoms with Crippen LogP contribution in [0.5, 0.6) is 0 Å². The van der Waals surface area contributed by atoms with Crippen molar-refractivity contribution in [3.8, 4) is 0 Å². The molecule has 8 nitrogen and oxygen atoms in total. The monoisotopic (exact) mass is 438 g/mol. The molecule has 1 atom stereocenters. The van der Waals surface area contributed by atoms with E-state index >= 15 is 0 Å². The minimum Gasteiger partial charge on any atom is -0.332 e. The third-order valence-electron chi connectivity index (χ3n) is 6.05. The molecular weight excluding hydrogens is 412 g/mol. The lowest BCUT2D eigenvalue weighted by Crippen LogP contribution is -2.56. The number of thiazole rings is 1. The van der Waals surface area contributed by atoms with Gasteiger partial charge in [-0.2, -0.15) is 0 Å². The van der Waals surface area contributed by atoms with Gasteiger partial charge in [0.05, 0.1) is 22.3 Å². The quantitative estimate of drug-likeness (QED) is 0.594. The molecule has 1 N–H and O–H groups in total. The van der Waals surface area contributed by atoms with Gasteiger partial charge in [-0.3, -0.25) is 14.6 Å². The number of piperidine rings is 1. The highest BCUT2D eigenvalue weighted by Crippen LogP contribution is 2.30. The summed E-state index contributed by atoms with van der Waals surface area (Å²) in [4.78, 5) is 40.0. The number of nitrogens with zero attached hydrogens (tertiary/aromatic N) is 5. The van der Waals surface area contributed by atoms with E-state index in [9.17, 15) is 9.59 Å². The lowest BCUT2D eigenvalue weighted by Gasteiger charge is -2.42. The number of carbonyl (C=O) groups excluding carboxylic acids is 2. The van der Waals surface area contributed by atoms with Crippen LogP contribution in [0.15, 0.2) is 42.4 Å². The van der Waals surface area contributed by atoms with Crippen molar-refractivity contribution in [3.63, 3.8) is 0 Å². The van der Waals surface area contributed by atoms with Gasteiger partial charge in [0, 0.05) is 42.6 Å². The predicted molar refractivity (Wildman–Crippen MR) is 119 cm³/mol. The van der Waals surface area contributed by atoms with Crippen molar-refractivity contribution < 1.29 is 9.59 Å². The number of rotatable bonds is 6. The molecule has 1 aromatic carbocycles. The first-order valence-electron chi connectivity index (χ1n) is 10.3. The highest BCUT2D eigenvalue weighted by molar-refractivity contribution is 7.16. The zero-order valence-electron chi connectivity index (χ0n) is 17.7. The smallest absolute Gasteiger partial charge is 0.324 e. The maximum atomic E-state index is 12.7. The number of fused-ring (bicyclic) bond motifs is 1. The Morgan fingerprint density at radius 2 is 2.06 bits per heavy atom. The molecule has 0 spiro atoms. The zero-order chi connectivity index (χ0) is 21.8. The summed E-state index contributed by atoms with van der Waals surface area (Å²) in [5.41, 5.74) is 4.52. The van der Waals surface area contributed by atoms with Crippen molar-refractivity contribution in [3.05, 3.63) is 53.6 Å². The van der Waals surface area contributed by atoms with Gasteiger partial charge in [0.25, 0.3) is 0 Å². The van der Waals surface area contributed by atoms with E-state index in [0.29, 0.717) is 12.0 Å². The second-order valence-electron chi connectivity index (χ2n) is 8.26. The average molecular weight is 439 g/mol. The van der Waals surface area contributed by atoms with Crippen LogP contribution in [0.3, 0.4) is 0 Å². The number of hydrogen-bond acceptors (Lipinski definition) is 7. The van der Waals surface area contributed by atoms with Crippen LogP contribution in [-0.4, -0.2) is 55.8 Å². The Kier molecular flexibility index (Phi) is 6.24. The van der Waals surface area contributed by atoms with Crippen LogP contribution in [0.4, 0.5) is 4.79 Å². The van der Waals surface area contributed by atoms with Crippen molar-refractivity contribution in [1.29, 1.82) is 0 Å². The number of imide groups is 1. The largest absolute Gasteiger partial charge is 0.332 e. The van der Waals surface area contributed by atoms with Crippen molar-refractivity contribution >= 4 is 34.0 Å². The Morgan fingerprint density at radius 1 is 1.32 bits per heavy atom. The summed E-state index contributed by atoms with van der Waals surface area (Å²) in [6.45, 7) is 6.13. The zero-order valence-corrected chi connectivity index (χ0v) is 18.5. The van der Waals surface area contributed by atoms with Crippen LogP contribution in [0.25, 0.3) is 10.2 Å². The molecule has 0 saturated carbocycles. The number of hydrogen-bond donors (Lipinski definition) is 1. The van der Waals surface area contributed by atoms with Crippen LogP contribution in [-0.2, 0) is 11.3 Å². The lowest BCUT2D eigenvalue weighted by atomic mass is 9.88. The number of benzene rings is 1. The Balaban J connectivity index is 1.35. The molecule has 3 aromatic rings. The summed E-state index contributed by atoms with van der Waals surface area (Å²) >= 11 is 1.65. The molecule has 1 fully saturated rings. The Bertz CT molecular complexity index is 1050. The fourth-order valence-corrected chi connectivity index (χ4v) is 4.63. The highest BCUT2D eigenvalue weighted by Gasteiger charge is 2.34. The van der Waals surface area contributed by atoms with Gasteiger partial charge in [0.2, 0.25) is 6.41 Å². The van der Waals surface area contributed by atoms with Gasteiger partial charge in [-0.05, 0) is 44.4 Å². The molecule has 31 heavy (non-hydrogen) atoms. The van der Waals surface area contributed by atoms with E-state index in [-0.39, 0.29) is 18.1 Å². The van der Waals surface area contributed by atoms with Gasteiger partial charge in [-0.1, -0.05) is 6.07 Å². The number of amides is 3. The Labute approximate surface area is 185 Å². The standard InChI is InChI=1S/C22H26N6O2S/c1-16(18-3-4-20-19(9-18)25-14-31-20)27-7-5-22(2,6-8-27)26-21(30)28(15-29)12-17-10-23-13-24-11-17/h3-4,9-11,13-16H,5-8,12H2,1-2H3,(H,26,30)/t16-/m1/s1. The van der Waals surface area contributed by atoms with Crippen molar-refractivity contribution in [2.75, 3.05) is 13.1 Å². The molecule has 1 aliphatic heterocycles. The third-order valence-corrected chi connectivity index (χ3v) is 6.86. The first-order chi connectivity index (χ1) is 15.0. The number of carbonyl (C=O) groups is 2. The SMILES string of the molecule is C[C@H](c1ccc2scnc2c1)N1CCC(C)(NC(=O)N(C=O)Cc2cncnc2)CC1. The third kappa shape index (κ3) is 4.88. The Morgan fingerprint density at radius 3 is 2.77 bits per heavy atom. The summed E-state index contributed by atoms with van der Waals surface area (Å²) < 4.78 is 1.20. The molecule has 4 rings (SSSR count).